The van der Waals surface area contributed by atoms with Crippen molar-refractivity contribution in [2.45, 2.75) is 24.3 Å². The van der Waals surface area contributed by atoms with Gasteiger partial charge in [0, 0.05) is 48.0 Å². The number of aromatic nitrogens is 1. The number of hydrogen-bond donors (Lipinski definition) is 2. The van der Waals surface area contributed by atoms with Gasteiger partial charge in [-0.05, 0) is 54.8 Å². The second-order valence-electron chi connectivity index (χ2n) is 6.13. The van der Waals surface area contributed by atoms with Gasteiger partial charge < -0.3 is 15.5 Å². The summed E-state index contributed by atoms with van der Waals surface area (Å²) < 4.78 is 0. The van der Waals surface area contributed by atoms with Gasteiger partial charge in [0.25, 0.3) is 0 Å². The first-order valence-electron chi connectivity index (χ1n) is 8.81. The van der Waals surface area contributed by atoms with Gasteiger partial charge in [-0.1, -0.05) is 11.6 Å². The van der Waals surface area contributed by atoms with Crippen molar-refractivity contribution >= 4 is 35.2 Å². The average molecular weight is 391 g/mol. The number of nitrogens with zero attached hydrogens (tertiary/aromatic N) is 2. The van der Waals surface area contributed by atoms with E-state index in [-0.39, 0.29) is 6.03 Å². The lowest BCUT2D eigenvalue weighted by atomic mass is 10.2. The summed E-state index contributed by atoms with van der Waals surface area (Å²) in [5.74, 6) is 1.81. The van der Waals surface area contributed by atoms with Crippen molar-refractivity contribution in [1.82, 2.24) is 15.6 Å². The molecule has 0 aliphatic carbocycles. The Labute approximate surface area is 163 Å². The van der Waals surface area contributed by atoms with Crippen LogP contribution in [0.1, 0.15) is 18.4 Å². The van der Waals surface area contributed by atoms with E-state index in [0.717, 1.165) is 40.1 Å². The first-order chi connectivity index (χ1) is 12.7. The Morgan fingerprint density at radius 2 is 1.92 bits per heavy atom. The molecule has 0 unspecified atom stereocenters. The first-order valence-corrected chi connectivity index (χ1v) is 10.2. The predicted octanol–water partition coefficient (Wildman–Crippen LogP) is 3.93. The Hall–Kier alpha value is -1.92. The van der Waals surface area contributed by atoms with Gasteiger partial charge in [0.15, 0.2) is 0 Å². The highest BCUT2D eigenvalue weighted by molar-refractivity contribution is 7.99. The summed E-state index contributed by atoms with van der Waals surface area (Å²) in [5.41, 5.74) is 1.06. The van der Waals surface area contributed by atoms with Crippen LogP contribution in [0.2, 0.25) is 5.02 Å². The van der Waals surface area contributed by atoms with Crippen molar-refractivity contribution < 1.29 is 4.79 Å². The third kappa shape index (κ3) is 5.81. The minimum atomic E-state index is -0.152. The zero-order chi connectivity index (χ0) is 18.2. The molecule has 1 aliphatic rings. The molecule has 0 bridgehead atoms. The molecule has 7 heteroatoms. The van der Waals surface area contributed by atoms with Crippen LogP contribution in [0.25, 0.3) is 0 Å². The standard InChI is InChI=1S/C19H23ClN4OS/c20-16-3-5-17(6-4-16)26-12-9-22-19(25)23-14-15-7-8-21-18(13-15)24-10-1-2-11-24/h3-8,13H,1-2,9-12,14H2,(H2,22,23,25). The Morgan fingerprint density at radius 1 is 1.15 bits per heavy atom. The number of thioether (sulfide) groups is 1. The molecule has 1 saturated heterocycles. The van der Waals surface area contributed by atoms with Crippen LogP contribution in [0, 0.1) is 0 Å². The smallest absolute Gasteiger partial charge is 0.315 e. The SMILES string of the molecule is O=C(NCCSc1ccc(Cl)cc1)NCc1ccnc(N2CCCC2)c1. The van der Waals surface area contributed by atoms with E-state index in [0.29, 0.717) is 13.1 Å². The summed E-state index contributed by atoms with van der Waals surface area (Å²) in [5, 5.41) is 6.51. The highest BCUT2D eigenvalue weighted by Gasteiger charge is 2.13. The number of carbonyl (C=O) groups is 1. The summed E-state index contributed by atoms with van der Waals surface area (Å²) in [7, 11) is 0. The molecule has 26 heavy (non-hydrogen) atoms. The molecule has 3 rings (SSSR count). The van der Waals surface area contributed by atoms with Crippen LogP contribution in [-0.2, 0) is 6.54 Å². The molecule has 0 saturated carbocycles. The summed E-state index contributed by atoms with van der Waals surface area (Å²) in [6.45, 7) is 3.24. The van der Waals surface area contributed by atoms with Crippen LogP contribution in [-0.4, -0.2) is 36.4 Å². The van der Waals surface area contributed by atoms with Crippen LogP contribution in [0.3, 0.4) is 0 Å². The molecule has 5 nitrogen and oxygen atoms in total. The summed E-state index contributed by atoms with van der Waals surface area (Å²) in [6, 6.07) is 11.5. The number of halogens is 1. The maximum atomic E-state index is 11.9. The molecule has 1 aromatic heterocycles. The van der Waals surface area contributed by atoms with Gasteiger partial charge in [-0.3, -0.25) is 0 Å². The fourth-order valence-corrected chi connectivity index (χ4v) is 3.69. The second-order valence-corrected chi connectivity index (χ2v) is 7.73. The van der Waals surface area contributed by atoms with Gasteiger partial charge >= 0.3 is 6.03 Å². The van der Waals surface area contributed by atoms with Crippen LogP contribution in [0.4, 0.5) is 10.6 Å². The topological polar surface area (TPSA) is 57.3 Å². The molecule has 2 heterocycles. The van der Waals surface area contributed by atoms with Crippen LogP contribution in [0.15, 0.2) is 47.5 Å². The molecule has 0 atom stereocenters. The van der Waals surface area contributed by atoms with Gasteiger partial charge in [-0.25, -0.2) is 9.78 Å². The maximum absolute atomic E-state index is 11.9. The fourth-order valence-electron chi connectivity index (χ4n) is 2.80. The minimum Gasteiger partial charge on any atom is -0.357 e. The predicted molar refractivity (Wildman–Crippen MR) is 108 cm³/mol. The largest absolute Gasteiger partial charge is 0.357 e. The molecule has 0 radical (unpaired) electrons. The van der Waals surface area contributed by atoms with E-state index in [4.69, 9.17) is 11.6 Å². The molecule has 0 spiro atoms. The summed E-state index contributed by atoms with van der Waals surface area (Å²) in [4.78, 5) is 19.8. The van der Waals surface area contributed by atoms with Gasteiger partial charge in [-0.15, -0.1) is 11.8 Å². The van der Waals surface area contributed by atoms with Crippen molar-refractivity contribution in [3.63, 3.8) is 0 Å². The van der Waals surface area contributed by atoms with E-state index in [1.54, 1.807) is 11.8 Å². The fraction of sp³-hybridized carbons (Fsp3) is 0.368. The summed E-state index contributed by atoms with van der Waals surface area (Å²) >= 11 is 7.55. The highest BCUT2D eigenvalue weighted by atomic mass is 35.5. The van der Waals surface area contributed by atoms with Gasteiger partial charge in [0.2, 0.25) is 0 Å². The van der Waals surface area contributed by atoms with Crippen LogP contribution < -0.4 is 15.5 Å². The molecular formula is C19H23ClN4OS. The summed E-state index contributed by atoms with van der Waals surface area (Å²) in [6.07, 6.45) is 4.26. The number of hydrogen-bond acceptors (Lipinski definition) is 4. The number of pyridine rings is 1. The van der Waals surface area contributed by atoms with Crippen LogP contribution in [0.5, 0.6) is 0 Å². The average Bonchev–Trinajstić information content (AvgIpc) is 3.20. The van der Waals surface area contributed by atoms with E-state index < -0.39 is 0 Å². The van der Waals surface area contributed by atoms with Crippen LogP contribution >= 0.6 is 23.4 Å². The normalized spacial score (nSPS) is 13.7. The van der Waals surface area contributed by atoms with Gasteiger partial charge in [-0.2, -0.15) is 0 Å². The van der Waals surface area contributed by atoms with E-state index in [1.807, 2.05) is 36.5 Å². The van der Waals surface area contributed by atoms with Crippen molar-refractivity contribution in [3.8, 4) is 0 Å². The van der Waals surface area contributed by atoms with Gasteiger partial charge in [0.1, 0.15) is 5.82 Å². The minimum absolute atomic E-state index is 0.152. The molecule has 138 valence electrons. The van der Waals surface area contributed by atoms with E-state index in [9.17, 15) is 4.79 Å². The van der Waals surface area contributed by atoms with Crippen molar-refractivity contribution in [2.75, 3.05) is 30.3 Å². The zero-order valence-electron chi connectivity index (χ0n) is 14.6. The lowest BCUT2D eigenvalue weighted by Crippen LogP contribution is -2.36. The van der Waals surface area contributed by atoms with Crippen molar-refractivity contribution in [1.29, 1.82) is 0 Å². The number of carbonyl (C=O) groups excluding carboxylic acids is 1. The third-order valence-electron chi connectivity index (χ3n) is 4.16. The molecule has 1 aliphatic heterocycles. The number of urea groups is 1. The van der Waals surface area contributed by atoms with Crippen molar-refractivity contribution in [3.05, 3.63) is 53.2 Å². The molecule has 2 N–H and O–H groups in total. The zero-order valence-corrected chi connectivity index (χ0v) is 16.2. The molecular weight excluding hydrogens is 368 g/mol. The first kappa shape index (κ1) is 18.9. The Kier molecular flexibility index (Phi) is 7.03. The van der Waals surface area contributed by atoms with E-state index in [1.165, 1.54) is 12.8 Å². The van der Waals surface area contributed by atoms with E-state index >= 15 is 0 Å². The lowest BCUT2D eigenvalue weighted by Gasteiger charge is -2.17. The van der Waals surface area contributed by atoms with Crippen molar-refractivity contribution in [2.24, 2.45) is 0 Å². The number of rotatable bonds is 7. The Morgan fingerprint density at radius 3 is 2.69 bits per heavy atom. The number of nitrogens with one attached hydrogen (secondary N) is 2. The Balaban J connectivity index is 1.36. The van der Waals surface area contributed by atoms with Gasteiger partial charge in [0.05, 0.1) is 0 Å². The monoisotopic (exact) mass is 390 g/mol. The Bertz CT molecular complexity index is 720. The molecule has 2 amide bonds. The number of anilines is 1. The lowest BCUT2D eigenvalue weighted by molar-refractivity contribution is 0.241. The third-order valence-corrected chi connectivity index (χ3v) is 5.43. The second kappa shape index (κ2) is 9.69. The number of benzene rings is 1. The highest BCUT2D eigenvalue weighted by Crippen LogP contribution is 2.20. The van der Waals surface area contributed by atoms with E-state index in [2.05, 4.69) is 26.6 Å². The number of amides is 2. The molecule has 1 aromatic carbocycles. The molecule has 2 aromatic rings. The quantitative estimate of drug-likeness (QED) is 0.555. The molecule has 1 fully saturated rings. The maximum Gasteiger partial charge on any atom is 0.315 e.